The van der Waals surface area contributed by atoms with E-state index in [4.69, 9.17) is 9.40 Å². The fraction of sp³-hybridized carbons (Fsp3) is 0.393. The molecule has 7 aromatic rings. The highest BCUT2D eigenvalue weighted by molar-refractivity contribution is 7.00. The lowest BCUT2D eigenvalue weighted by Crippen LogP contribution is -2.61. The third kappa shape index (κ3) is 7.22. The smallest absolute Gasteiger partial charge is 0.252 e. The van der Waals surface area contributed by atoms with Gasteiger partial charge in [0.25, 0.3) is 6.71 Å². The van der Waals surface area contributed by atoms with Gasteiger partial charge in [-0.1, -0.05) is 153 Å². The van der Waals surface area contributed by atoms with Gasteiger partial charge in [-0.3, -0.25) is 0 Å². The normalized spacial score (nSPS) is 16.5. The maximum atomic E-state index is 6.85. The van der Waals surface area contributed by atoms with E-state index in [0.717, 1.165) is 28.8 Å². The first-order valence-corrected chi connectivity index (χ1v) is 24.4. The van der Waals surface area contributed by atoms with Gasteiger partial charge in [-0.2, -0.15) is 0 Å². The molecule has 5 heteroatoms. The monoisotopic (exact) mass is 872 g/mol. The molecule has 0 atom stereocenters. The molecule has 0 saturated heterocycles. The summed E-state index contributed by atoms with van der Waals surface area (Å²) < 4.78 is 6.85. The van der Waals surface area contributed by atoms with E-state index < -0.39 is 0 Å². The Kier molecular flexibility index (Phi) is 9.72. The van der Waals surface area contributed by atoms with Crippen LogP contribution in [0.1, 0.15) is 157 Å². The van der Waals surface area contributed by atoms with E-state index >= 15 is 0 Å². The minimum absolute atomic E-state index is 0.0410. The highest BCUT2D eigenvalue weighted by Gasteiger charge is 2.46. The minimum Gasteiger partial charge on any atom is -0.436 e. The number of anilines is 6. The maximum absolute atomic E-state index is 6.85. The van der Waals surface area contributed by atoms with Crippen LogP contribution < -0.4 is 26.2 Å². The molecule has 6 aromatic carbocycles. The second-order valence-electron chi connectivity index (χ2n) is 25.3. The number of oxazole rings is 1. The zero-order valence-corrected chi connectivity index (χ0v) is 42.6. The molecule has 0 amide bonds. The molecular formula is C61H70BN3O. The standard InChI is InChI=1S/C61H70BN3O/c1-56(2,3)38-19-17-37(18-20-38)55-63-48-35-47-50(36-53(48)66-55)65(43-26-27-44-45(34-43)61(15,16)30-29-60(44,13)14)52-33-41(59(10,11)12)32-51-54(52)62(47)46-31-40(58(7,8)9)23-28-49(46)64(51)42-24-21-39(22-25-42)57(4,5)6/h17-28,31-36H,29-30H2,1-16H3. The van der Waals surface area contributed by atoms with Crippen LogP contribution in [0.4, 0.5) is 34.1 Å². The number of hydrogen-bond donors (Lipinski definition) is 0. The lowest BCUT2D eigenvalue weighted by atomic mass is 9.33. The molecule has 10 rings (SSSR count). The van der Waals surface area contributed by atoms with Crippen molar-refractivity contribution in [1.82, 2.24) is 4.98 Å². The van der Waals surface area contributed by atoms with Gasteiger partial charge in [0.1, 0.15) is 5.52 Å². The van der Waals surface area contributed by atoms with Gasteiger partial charge in [0.05, 0.1) is 0 Å². The Labute approximate surface area is 395 Å². The van der Waals surface area contributed by atoms with Crippen molar-refractivity contribution < 1.29 is 4.42 Å². The van der Waals surface area contributed by atoms with Crippen LogP contribution in [0, 0.1) is 0 Å². The van der Waals surface area contributed by atoms with Crippen molar-refractivity contribution in [3.63, 3.8) is 0 Å². The Balaban J connectivity index is 1.30. The van der Waals surface area contributed by atoms with Crippen LogP contribution in [0.25, 0.3) is 22.6 Å². The minimum atomic E-state index is -0.126. The fourth-order valence-corrected chi connectivity index (χ4v) is 10.9. The quantitative estimate of drug-likeness (QED) is 0.166. The summed E-state index contributed by atoms with van der Waals surface area (Å²) in [5.41, 5.74) is 21.9. The van der Waals surface area contributed by atoms with Crippen molar-refractivity contribution in [2.45, 2.75) is 156 Å². The summed E-state index contributed by atoms with van der Waals surface area (Å²) in [4.78, 5) is 10.4. The molecule has 0 bridgehead atoms. The lowest BCUT2D eigenvalue weighted by molar-refractivity contribution is 0.332. The van der Waals surface area contributed by atoms with Crippen LogP contribution in [0.2, 0.25) is 0 Å². The molecule has 66 heavy (non-hydrogen) atoms. The number of benzene rings is 6. The molecule has 0 unspecified atom stereocenters. The highest BCUT2D eigenvalue weighted by atomic mass is 16.3. The van der Waals surface area contributed by atoms with Gasteiger partial charge in [-0.25, -0.2) is 4.98 Å². The summed E-state index contributed by atoms with van der Waals surface area (Å²) in [6, 6.07) is 42.4. The average molecular weight is 872 g/mol. The summed E-state index contributed by atoms with van der Waals surface area (Å²) in [6.07, 6.45) is 2.33. The molecule has 1 aromatic heterocycles. The van der Waals surface area contributed by atoms with E-state index in [1.54, 1.807) is 0 Å². The van der Waals surface area contributed by atoms with Crippen LogP contribution in [0.15, 0.2) is 114 Å². The topological polar surface area (TPSA) is 32.5 Å². The van der Waals surface area contributed by atoms with Gasteiger partial charge < -0.3 is 14.2 Å². The van der Waals surface area contributed by atoms with Gasteiger partial charge in [-0.05, 0) is 156 Å². The first kappa shape index (κ1) is 44.3. The van der Waals surface area contributed by atoms with E-state index in [1.807, 2.05) is 0 Å². The summed E-state index contributed by atoms with van der Waals surface area (Å²) in [5.74, 6) is 0.647. The molecular weight excluding hydrogens is 802 g/mol. The number of aromatic nitrogens is 1. The van der Waals surface area contributed by atoms with Gasteiger partial charge >= 0.3 is 0 Å². The van der Waals surface area contributed by atoms with Crippen LogP contribution in [-0.4, -0.2) is 11.7 Å². The zero-order valence-electron chi connectivity index (χ0n) is 42.6. The van der Waals surface area contributed by atoms with Crippen LogP contribution >= 0.6 is 0 Å². The first-order valence-electron chi connectivity index (χ1n) is 24.4. The van der Waals surface area contributed by atoms with Crippen LogP contribution in [-0.2, 0) is 32.5 Å². The van der Waals surface area contributed by atoms with Gasteiger partial charge in [0.15, 0.2) is 5.58 Å². The number of hydrogen-bond acceptors (Lipinski definition) is 4. The van der Waals surface area contributed by atoms with Crippen molar-refractivity contribution in [1.29, 1.82) is 0 Å². The van der Waals surface area contributed by atoms with E-state index in [2.05, 4.69) is 230 Å². The first-order chi connectivity index (χ1) is 30.7. The number of nitrogens with zero attached hydrogens (tertiary/aromatic N) is 3. The summed E-state index contributed by atoms with van der Waals surface area (Å²) in [7, 11) is 0. The molecule has 0 spiro atoms. The molecule has 2 aliphatic heterocycles. The predicted octanol–water partition coefficient (Wildman–Crippen LogP) is 15.1. The van der Waals surface area contributed by atoms with Crippen molar-refractivity contribution in [3.05, 3.63) is 143 Å². The summed E-state index contributed by atoms with van der Waals surface area (Å²) >= 11 is 0. The molecule has 0 radical (unpaired) electrons. The van der Waals surface area contributed by atoms with E-state index in [0.29, 0.717) is 5.89 Å². The van der Waals surface area contributed by atoms with E-state index in [-0.39, 0.29) is 39.2 Å². The van der Waals surface area contributed by atoms with Crippen molar-refractivity contribution in [2.75, 3.05) is 9.80 Å². The van der Waals surface area contributed by atoms with E-state index in [9.17, 15) is 0 Å². The third-order valence-electron chi connectivity index (χ3n) is 15.4. The Bertz CT molecular complexity index is 3070. The number of fused-ring (bicyclic) bond motifs is 6. The van der Waals surface area contributed by atoms with E-state index in [1.165, 1.54) is 84.6 Å². The van der Waals surface area contributed by atoms with Crippen molar-refractivity contribution >= 4 is 68.3 Å². The molecule has 338 valence electrons. The molecule has 3 aliphatic rings. The van der Waals surface area contributed by atoms with Gasteiger partial charge in [-0.15, -0.1) is 0 Å². The Morgan fingerprint density at radius 2 is 0.970 bits per heavy atom. The van der Waals surface area contributed by atoms with Gasteiger partial charge in [0, 0.05) is 45.8 Å². The Morgan fingerprint density at radius 1 is 0.470 bits per heavy atom. The van der Waals surface area contributed by atoms with Crippen molar-refractivity contribution in [3.8, 4) is 11.5 Å². The second kappa shape index (κ2) is 14.5. The van der Waals surface area contributed by atoms with Crippen LogP contribution in [0.5, 0.6) is 0 Å². The lowest BCUT2D eigenvalue weighted by Gasteiger charge is -2.46. The number of rotatable bonds is 3. The molecule has 1 aliphatic carbocycles. The summed E-state index contributed by atoms with van der Waals surface area (Å²) in [6.45, 7) is 37.4. The largest absolute Gasteiger partial charge is 0.436 e. The highest BCUT2D eigenvalue weighted by Crippen LogP contribution is 2.51. The maximum Gasteiger partial charge on any atom is 0.252 e. The Hall–Kier alpha value is -5.55. The Morgan fingerprint density at radius 3 is 1.55 bits per heavy atom. The third-order valence-corrected chi connectivity index (χ3v) is 15.4. The predicted molar refractivity (Wildman–Crippen MR) is 284 cm³/mol. The average Bonchev–Trinajstić information content (AvgIpc) is 3.66. The fourth-order valence-electron chi connectivity index (χ4n) is 10.9. The summed E-state index contributed by atoms with van der Waals surface area (Å²) in [5, 5.41) is 0. The van der Waals surface area contributed by atoms with Gasteiger partial charge in [0.2, 0.25) is 5.89 Å². The molecule has 0 fully saturated rings. The zero-order chi connectivity index (χ0) is 47.3. The molecule has 0 N–H and O–H groups in total. The second-order valence-corrected chi connectivity index (χ2v) is 25.3. The van der Waals surface area contributed by atoms with Crippen molar-refractivity contribution in [2.24, 2.45) is 0 Å². The van der Waals surface area contributed by atoms with Crippen LogP contribution in [0.3, 0.4) is 0 Å². The SMILES string of the molecule is CC(C)(C)c1ccc(-c2nc3cc4c(cc3o2)N(c2ccc3c(c2)C(C)(C)CCC3(C)C)c2cc(C(C)(C)C)cc3c2B4c2cc(C(C)(C)C)ccc2N3c2ccc(C(C)(C)C)cc2)cc1. The molecule has 0 saturated carbocycles. The molecule has 4 nitrogen and oxygen atoms in total. The molecule has 3 heterocycles.